The maximum Gasteiger partial charge on any atom is 0.244 e. The monoisotopic (exact) mass is 307 g/mol. The molecule has 2 N–H and O–H groups in total. The second kappa shape index (κ2) is 6.25. The van der Waals surface area contributed by atoms with Crippen molar-refractivity contribution in [3.63, 3.8) is 0 Å². The first-order valence-corrected chi connectivity index (χ1v) is 8.67. The molecule has 1 rings (SSSR count). The van der Waals surface area contributed by atoms with Crippen LogP contribution in [0.2, 0.25) is 0 Å². The van der Waals surface area contributed by atoms with Crippen molar-refractivity contribution in [3.8, 4) is 0 Å². The predicted molar refractivity (Wildman–Crippen MR) is 76.9 cm³/mol. The lowest BCUT2D eigenvalue weighted by Gasteiger charge is -2.21. The fourth-order valence-electron chi connectivity index (χ4n) is 1.96. The molecule has 0 aliphatic rings. The van der Waals surface area contributed by atoms with Crippen LogP contribution in [0.5, 0.6) is 0 Å². The maximum atomic E-state index is 12.4. The highest BCUT2D eigenvalue weighted by molar-refractivity contribution is 7.99. The van der Waals surface area contributed by atoms with Crippen LogP contribution in [0.15, 0.2) is 4.90 Å². The second-order valence-electron chi connectivity index (χ2n) is 4.49. The number of nitrogens with zero attached hydrogens (tertiary/aromatic N) is 2. The highest BCUT2D eigenvalue weighted by atomic mass is 32.2. The Morgan fingerprint density at radius 1 is 1.47 bits per heavy atom. The van der Waals surface area contributed by atoms with Gasteiger partial charge in [0, 0.05) is 18.3 Å². The molecule has 2 atom stereocenters. The molecule has 1 aromatic rings. The van der Waals surface area contributed by atoms with Crippen molar-refractivity contribution in [1.29, 1.82) is 0 Å². The Balaban J connectivity index is 3.05. The van der Waals surface area contributed by atoms with Gasteiger partial charge in [0.15, 0.2) is 0 Å². The smallest absolute Gasteiger partial charge is 0.244 e. The van der Waals surface area contributed by atoms with E-state index in [-0.39, 0.29) is 22.8 Å². The lowest BCUT2D eigenvalue weighted by molar-refractivity contribution is 0.282. The molecule has 8 heteroatoms. The van der Waals surface area contributed by atoms with Crippen molar-refractivity contribution in [1.82, 2.24) is 14.5 Å². The summed E-state index contributed by atoms with van der Waals surface area (Å²) in [5.74, 6) is 0. The fourth-order valence-corrected chi connectivity index (χ4v) is 4.39. The van der Waals surface area contributed by atoms with Crippen LogP contribution in [0.25, 0.3) is 0 Å². The fraction of sp³-hybridized carbons (Fsp3) is 0.727. The van der Waals surface area contributed by atoms with Crippen LogP contribution < -0.4 is 4.72 Å². The van der Waals surface area contributed by atoms with Gasteiger partial charge in [-0.3, -0.25) is 4.68 Å². The Labute approximate surface area is 118 Å². The van der Waals surface area contributed by atoms with E-state index in [0.717, 1.165) is 0 Å². The van der Waals surface area contributed by atoms with Gasteiger partial charge < -0.3 is 5.11 Å². The van der Waals surface area contributed by atoms with Gasteiger partial charge in [-0.2, -0.15) is 16.9 Å². The van der Waals surface area contributed by atoms with Crippen molar-refractivity contribution < 1.29 is 13.5 Å². The lowest BCUT2D eigenvalue weighted by atomic mass is 10.3. The van der Waals surface area contributed by atoms with Crippen molar-refractivity contribution in [2.24, 2.45) is 7.05 Å². The summed E-state index contributed by atoms with van der Waals surface area (Å²) in [6.45, 7) is 5.06. The van der Waals surface area contributed by atoms with Crippen molar-refractivity contribution in [3.05, 3.63) is 11.4 Å². The number of aromatic nitrogens is 2. The van der Waals surface area contributed by atoms with Gasteiger partial charge in [0.2, 0.25) is 10.0 Å². The number of aryl methyl sites for hydroxylation is 2. The lowest BCUT2D eigenvalue weighted by Crippen LogP contribution is -2.41. The molecular formula is C11H21N3O3S2. The summed E-state index contributed by atoms with van der Waals surface area (Å²) in [6, 6.07) is -0.357. The highest BCUT2D eigenvalue weighted by Crippen LogP contribution is 2.20. The molecule has 0 saturated carbocycles. The molecule has 0 aliphatic heterocycles. The molecular weight excluding hydrogens is 286 g/mol. The summed E-state index contributed by atoms with van der Waals surface area (Å²) in [5, 5.41) is 13.1. The van der Waals surface area contributed by atoms with E-state index < -0.39 is 10.0 Å². The quantitative estimate of drug-likeness (QED) is 0.796. The molecule has 110 valence electrons. The number of sulfonamides is 1. The molecule has 19 heavy (non-hydrogen) atoms. The summed E-state index contributed by atoms with van der Waals surface area (Å²) in [5.41, 5.74) is 1.08. The summed E-state index contributed by atoms with van der Waals surface area (Å²) < 4.78 is 28.9. The standard InChI is InChI=1S/C11H21N3O3S2/c1-7(10(6-15)18-5)13-19(16,17)11-8(2)12-14(4)9(11)3/h7,10,13,15H,6H2,1-5H3. The molecule has 2 unspecified atom stereocenters. The number of hydrogen-bond donors (Lipinski definition) is 2. The van der Waals surface area contributed by atoms with Gasteiger partial charge in [-0.1, -0.05) is 0 Å². The van der Waals surface area contributed by atoms with Crippen molar-refractivity contribution >= 4 is 21.8 Å². The zero-order chi connectivity index (χ0) is 14.8. The third-order valence-corrected chi connectivity index (χ3v) is 6.07. The Morgan fingerprint density at radius 2 is 2.05 bits per heavy atom. The highest BCUT2D eigenvalue weighted by Gasteiger charge is 2.27. The largest absolute Gasteiger partial charge is 0.395 e. The van der Waals surface area contributed by atoms with Gasteiger partial charge in [0.05, 0.1) is 18.0 Å². The Bertz CT molecular complexity index is 536. The summed E-state index contributed by atoms with van der Waals surface area (Å²) in [4.78, 5) is 0.222. The molecule has 0 radical (unpaired) electrons. The normalized spacial score (nSPS) is 15.5. The first kappa shape index (κ1) is 16.5. The minimum Gasteiger partial charge on any atom is -0.395 e. The number of nitrogens with one attached hydrogen (secondary N) is 1. The molecule has 1 heterocycles. The van der Waals surface area contributed by atoms with Crippen LogP contribution in [0, 0.1) is 13.8 Å². The number of thioether (sulfide) groups is 1. The summed E-state index contributed by atoms with van der Waals surface area (Å²) in [6.07, 6.45) is 1.84. The zero-order valence-electron chi connectivity index (χ0n) is 11.8. The third kappa shape index (κ3) is 3.50. The van der Waals surface area contributed by atoms with E-state index in [1.807, 2.05) is 6.26 Å². The first-order valence-electron chi connectivity index (χ1n) is 5.90. The van der Waals surface area contributed by atoms with Crippen LogP contribution in [0.4, 0.5) is 0 Å². The van der Waals surface area contributed by atoms with Crippen LogP contribution in [-0.4, -0.2) is 47.5 Å². The molecule has 6 nitrogen and oxygen atoms in total. The van der Waals surface area contributed by atoms with E-state index in [0.29, 0.717) is 11.4 Å². The Hall–Kier alpha value is -0.570. The van der Waals surface area contributed by atoms with Gasteiger partial charge in [0.25, 0.3) is 0 Å². The Morgan fingerprint density at radius 3 is 2.42 bits per heavy atom. The number of hydrogen-bond acceptors (Lipinski definition) is 5. The van der Waals surface area contributed by atoms with Crippen molar-refractivity contribution in [2.75, 3.05) is 12.9 Å². The number of rotatable bonds is 6. The topological polar surface area (TPSA) is 84.2 Å². The van der Waals surface area contributed by atoms with Crippen LogP contribution in [0.1, 0.15) is 18.3 Å². The summed E-state index contributed by atoms with van der Waals surface area (Å²) >= 11 is 1.43. The van der Waals surface area contributed by atoms with Crippen LogP contribution in [-0.2, 0) is 17.1 Å². The van der Waals surface area contributed by atoms with E-state index in [4.69, 9.17) is 0 Å². The number of aliphatic hydroxyl groups is 1. The SMILES string of the molecule is CSC(CO)C(C)NS(=O)(=O)c1c(C)nn(C)c1C. The van der Waals surface area contributed by atoms with Crippen LogP contribution in [0.3, 0.4) is 0 Å². The molecule has 0 aliphatic carbocycles. The molecule has 0 saturated heterocycles. The van der Waals surface area contributed by atoms with Gasteiger partial charge in [0.1, 0.15) is 4.90 Å². The van der Waals surface area contributed by atoms with E-state index in [1.54, 1.807) is 32.5 Å². The van der Waals surface area contributed by atoms with E-state index in [9.17, 15) is 13.5 Å². The van der Waals surface area contributed by atoms with E-state index in [2.05, 4.69) is 9.82 Å². The van der Waals surface area contributed by atoms with Gasteiger partial charge in [-0.25, -0.2) is 13.1 Å². The summed E-state index contributed by atoms with van der Waals surface area (Å²) in [7, 11) is -1.91. The predicted octanol–water partition coefficient (Wildman–Crippen LogP) is 0.428. The molecule has 0 amide bonds. The maximum absolute atomic E-state index is 12.4. The average Bonchev–Trinajstić information content (AvgIpc) is 2.54. The average molecular weight is 307 g/mol. The van der Waals surface area contributed by atoms with Crippen molar-refractivity contribution in [2.45, 2.75) is 37.0 Å². The molecule has 0 bridgehead atoms. The minimum absolute atomic E-state index is 0.0736. The first-order chi connectivity index (χ1) is 8.74. The molecule has 1 aromatic heterocycles. The van der Waals surface area contributed by atoms with E-state index >= 15 is 0 Å². The van der Waals surface area contributed by atoms with Gasteiger partial charge >= 0.3 is 0 Å². The third-order valence-electron chi connectivity index (χ3n) is 3.09. The zero-order valence-corrected chi connectivity index (χ0v) is 13.5. The number of aliphatic hydroxyl groups excluding tert-OH is 1. The van der Waals surface area contributed by atoms with Gasteiger partial charge in [-0.15, -0.1) is 0 Å². The second-order valence-corrected chi connectivity index (χ2v) is 7.22. The molecule has 0 aromatic carbocycles. The van der Waals surface area contributed by atoms with E-state index in [1.165, 1.54) is 11.8 Å². The minimum atomic E-state index is -3.62. The molecule has 0 fully saturated rings. The Kier molecular flexibility index (Phi) is 5.43. The molecule has 0 spiro atoms. The van der Waals surface area contributed by atoms with Gasteiger partial charge in [-0.05, 0) is 27.0 Å². The van der Waals surface area contributed by atoms with Crippen LogP contribution >= 0.6 is 11.8 Å².